The van der Waals surface area contributed by atoms with E-state index in [2.05, 4.69) is 9.97 Å². The number of carbonyl (C=O) groups is 1. The van der Waals surface area contributed by atoms with E-state index >= 15 is 0 Å². The van der Waals surface area contributed by atoms with Crippen molar-refractivity contribution < 1.29 is 27.8 Å². The van der Waals surface area contributed by atoms with Gasteiger partial charge in [0.2, 0.25) is 5.95 Å². The van der Waals surface area contributed by atoms with Crippen molar-refractivity contribution in [3.05, 3.63) is 18.0 Å². The second kappa shape index (κ2) is 9.41. The number of aromatic nitrogens is 2. The van der Waals surface area contributed by atoms with Gasteiger partial charge >= 0.3 is 6.18 Å². The van der Waals surface area contributed by atoms with Gasteiger partial charge in [-0.3, -0.25) is 4.79 Å². The summed E-state index contributed by atoms with van der Waals surface area (Å²) in [4.78, 5) is 23.3. The van der Waals surface area contributed by atoms with Gasteiger partial charge in [-0.05, 0) is 13.3 Å². The standard InChI is InChI=1S/C17H24F3N5O3.ClH/c1-10(21)9-28-14-3-5-25(15(14)27)12-2-4-24(8-13(12)26)16-22-6-11(7-23-16)17(18,19)20;/h6-7,10,12-14,26H,2-5,8-9,21H2,1H3;1H/t10?,12-,13-,14-;/m1./s1. The van der Waals surface area contributed by atoms with Crippen molar-refractivity contribution in [2.45, 2.75) is 50.2 Å². The first kappa shape index (κ1) is 23.6. The smallest absolute Gasteiger partial charge is 0.389 e. The second-order valence-corrected chi connectivity index (χ2v) is 7.26. The van der Waals surface area contributed by atoms with Crippen LogP contribution in [0.2, 0.25) is 0 Å². The van der Waals surface area contributed by atoms with Crippen LogP contribution in [0.3, 0.4) is 0 Å². The first-order valence-electron chi connectivity index (χ1n) is 9.16. The lowest BCUT2D eigenvalue weighted by molar-refractivity contribution is -0.141. The first-order chi connectivity index (χ1) is 13.2. The number of rotatable bonds is 5. The number of hydrogen-bond acceptors (Lipinski definition) is 7. The molecule has 0 radical (unpaired) electrons. The average Bonchev–Trinajstić information content (AvgIpc) is 3.00. The Morgan fingerprint density at radius 2 is 1.97 bits per heavy atom. The van der Waals surface area contributed by atoms with Crippen molar-refractivity contribution in [3.8, 4) is 0 Å². The minimum absolute atomic E-state index is 0. The molecular formula is C17H25ClF3N5O3. The number of aliphatic hydroxyl groups is 1. The molecule has 0 saturated carbocycles. The molecule has 2 aliphatic heterocycles. The van der Waals surface area contributed by atoms with E-state index < -0.39 is 23.9 Å². The van der Waals surface area contributed by atoms with Gasteiger partial charge in [0.15, 0.2) is 0 Å². The molecule has 2 aliphatic rings. The Labute approximate surface area is 172 Å². The zero-order valence-electron chi connectivity index (χ0n) is 15.9. The summed E-state index contributed by atoms with van der Waals surface area (Å²) in [6, 6.07) is -0.540. The van der Waals surface area contributed by atoms with Crippen LogP contribution in [-0.4, -0.2) is 76.4 Å². The Hall–Kier alpha value is -1.69. The number of nitrogens with zero attached hydrogens (tertiary/aromatic N) is 4. The summed E-state index contributed by atoms with van der Waals surface area (Å²) in [7, 11) is 0. The molecule has 1 amide bonds. The average molecular weight is 440 g/mol. The lowest BCUT2D eigenvalue weighted by Crippen LogP contribution is -2.55. The third-order valence-electron chi connectivity index (χ3n) is 4.95. The van der Waals surface area contributed by atoms with Crippen LogP contribution in [0.25, 0.3) is 0 Å². The van der Waals surface area contributed by atoms with Crippen molar-refractivity contribution in [1.82, 2.24) is 14.9 Å². The number of piperidine rings is 1. The monoisotopic (exact) mass is 439 g/mol. The molecular weight excluding hydrogens is 415 g/mol. The molecule has 1 aromatic rings. The summed E-state index contributed by atoms with van der Waals surface area (Å²) in [5.74, 6) is -0.0414. The Bertz CT molecular complexity index is 692. The zero-order valence-corrected chi connectivity index (χ0v) is 16.7. The lowest BCUT2D eigenvalue weighted by Gasteiger charge is -2.40. The number of carbonyl (C=O) groups excluding carboxylic acids is 1. The molecule has 2 saturated heterocycles. The van der Waals surface area contributed by atoms with Gasteiger partial charge in [0.1, 0.15) is 6.10 Å². The normalized spacial score (nSPS) is 26.4. The van der Waals surface area contributed by atoms with Crippen LogP contribution in [0, 0.1) is 0 Å². The van der Waals surface area contributed by atoms with Gasteiger partial charge in [-0.2, -0.15) is 13.2 Å². The highest BCUT2D eigenvalue weighted by molar-refractivity contribution is 5.85. The summed E-state index contributed by atoms with van der Waals surface area (Å²) in [6.07, 6.45) is -3.46. The molecule has 0 aliphatic carbocycles. The predicted molar refractivity (Wildman–Crippen MR) is 101 cm³/mol. The van der Waals surface area contributed by atoms with Crippen LogP contribution in [0.5, 0.6) is 0 Å². The quantitative estimate of drug-likeness (QED) is 0.699. The van der Waals surface area contributed by atoms with Crippen LogP contribution in [0.4, 0.5) is 19.1 Å². The van der Waals surface area contributed by atoms with E-state index in [0.29, 0.717) is 25.9 Å². The molecule has 0 aromatic carbocycles. The van der Waals surface area contributed by atoms with Crippen molar-refractivity contribution in [3.63, 3.8) is 0 Å². The zero-order chi connectivity index (χ0) is 20.5. The molecule has 4 atom stereocenters. The van der Waals surface area contributed by atoms with Gasteiger partial charge in [0.25, 0.3) is 5.91 Å². The highest BCUT2D eigenvalue weighted by Crippen LogP contribution is 2.29. The second-order valence-electron chi connectivity index (χ2n) is 7.26. The van der Waals surface area contributed by atoms with E-state index in [9.17, 15) is 23.1 Å². The van der Waals surface area contributed by atoms with Crippen molar-refractivity contribution >= 4 is 24.3 Å². The Kier molecular flexibility index (Phi) is 7.66. The largest absolute Gasteiger partial charge is 0.419 e. The van der Waals surface area contributed by atoms with E-state index in [1.807, 2.05) is 0 Å². The number of halogens is 4. The van der Waals surface area contributed by atoms with Crippen molar-refractivity contribution in [2.24, 2.45) is 5.73 Å². The van der Waals surface area contributed by atoms with E-state index in [0.717, 1.165) is 12.4 Å². The Morgan fingerprint density at radius 3 is 2.52 bits per heavy atom. The molecule has 3 heterocycles. The molecule has 0 spiro atoms. The number of aliphatic hydroxyl groups excluding tert-OH is 1. The van der Waals surface area contributed by atoms with E-state index in [4.69, 9.17) is 10.5 Å². The van der Waals surface area contributed by atoms with Gasteiger partial charge in [-0.25, -0.2) is 9.97 Å². The molecule has 1 unspecified atom stereocenters. The van der Waals surface area contributed by atoms with Gasteiger partial charge in [0.05, 0.1) is 24.3 Å². The molecule has 3 rings (SSSR count). The number of alkyl halides is 3. The minimum atomic E-state index is -4.50. The van der Waals surface area contributed by atoms with Crippen LogP contribution in [0.15, 0.2) is 12.4 Å². The summed E-state index contributed by atoms with van der Waals surface area (Å²) < 4.78 is 43.4. The molecule has 2 fully saturated rings. The summed E-state index contributed by atoms with van der Waals surface area (Å²) >= 11 is 0. The van der Waals surface area contributed by atoms with Gasteiger partial charge in [-0.15, -0.1) is 12.4 Å². The number of nitrogens with two attached hydrogens (primary N) is 1. The summed E-state index contributed by atoms with van der Waals surface area (Å²) in [5.41, 5.74) is 4.73. The Balaban J connectivity index is 0.00000300. The fraction of sp³-hybridized carbons (Fsp3) is 0.706. The highest BCUT2D eigenvalue weighted by atomic mass is 35.5. The highest BCUT2D eigenvalue weighted by Gasteiger charge is 2.41. The lowest BCUT2D eigenvalue weighted by atomic mass is 10.0. The third-order valence-corrected chi connectivity index (χ3v) is 4.95. The molecule has 29 heavy (non-hydrogen) atoms. The van der Waals surface area contributed by atoms with Crippen LogP contribution in [-0.2, 0) is 15.7 Å². The number of amides is 1. The summed E-state index contributed by atoms with van der Waals surface area (Å²) in [5, 5.41) is 10.5. The number of likely N-dealkylation sites (tertiary alicyclic amines) is 1. The van der Waals surface area contributed by atoms with Gasteiger partial charge in [-0.1, -0.05) is 0 Å². The van der Waals surface area contributed by atoms with Crippen LogP contribution >= 0.6 is 12.4 Å². The fourth-order valence-electron chi connectivity index (χ4n) is 3.52. The van der Waals surface area contributed by atoms with Gasteiger partial charge < -0.3 is 25.4 Å². The fourth-order valence-corrected chi connectivity index (χ4v) is 3.52. The first-order valence-corrected chi connectivity index (χ1v) is 9.16. The van der Waals surface area contributed by atoms with Crippen molar-refractivity contribution in [1.29, 1.82) is 0 Å². The molecule has 12 heteroatoms. The maximum absolute atomic E-state index is 12.6. The maximum Gasteiger partial charge on any atom is 0.419 e. The molecule has 8 nitrogen and oxygen atoms in total. The summed E-state index contributed by atoms with van der Waals surface area (Å²) in [6.45, 7) is 3.12. The third kappa shape index (κ3) is 5.47. The van der Waals surface area contributed by atoms with Crippen molar-refractivity contribution in [2.75, 3.05) is 31.1 Å². The molecule has 0 bridgehead atoms. The Morgan fingerprint density at radius 1 is 1.31 bits per heavy atom. The van der Waals surface area contributed by atoms with Crippen LogP contribution < -0.4 is 10.6 Å². The molecule has 3 N–H and O–H groups in total. The topological polar surface area (TPSA) is 105 Å². The predicted octanol–water partition coefficient (Wildman–Crippen LogP) is 0.821. The van der Waals surface area contributed by atoms with E-state index in [-0.39, 0.29) is 49.5 Å². The number of β-amino-alcohol motifs (C(OH)–C–C–N with tert-alkyl or cyclic N) is 1. The number of hydrogen-bond donors (Lipinski definition) is 2. The molecule has 1 aromatic heterocycles. The molecule has 164 valence electrons. The minimum Gasteiger partial charge on any atom is -0.389 e. The number of ether oxygens (including phenoxy) is 1. The number of anilines is 1. The van der Waals surface area contributed by atoms with E-state index in [1.54, 1.807) is 16.7 Å². The SMILES string of the molecule is CC(N)CO[C@@H]1CCN([C@@H]2CCN(c3ncc(C(F)(F)F)cn3)C[C@H]2O)C1=O.Cl. The van der Waals surface area contributed by atoms with E-state index in [1.165, 1.54) is 0 Å². The maximum atomic E-state index is 12.6. The van der Waals surface area contributed by atoms with Gasteiger partial charge in [0, 0.05) is 44.5 Å². The van der Waals surface area contributed by atoms with Crippen LogP contribution in [0.1, 0.15) is 25.3 Å².